The second kappa shape index (κ2) is 6.76. The maximum Gasteiger partial charge on any atom is 0.0513 e. The van der Waals surface area contributed by atoms with Crippen LogP contribution in [0.25, 0.3) is 0 Å². The minimum absolute atomic E-state index is 0.411. The summed E-state index contributed by atoms with van der Waals surface area (Å²) in [5.41, 5.74) is 2.70. The number of benzene rings is 1. The fourth-order valence-corrected chi connectivity index (χ4v) is 3.53. The van der Waals surface area contributed by atoms with E-state index in [1.165, 1.54) is 41.5 Å². The molecule has 3 heteroatoms. The third kappa shape index (κ3) is 3.51. The van der Waals surface area contributed by atoms with Gasteiger partial charge in [0.25, 0.3) is 0 Å². The molecule has 1 aliphatic rings. The summed E-state index contributed by atoms with van der Waals surface area (Å²) in [6, 6.07) is 7.87. The van der Waals surface area contributed by atoms with E-state index in [1.807, 2.05) is 0 Å². The van der Waals surface area contributed by atoms with E-state index in [0.717, 1.165) is 6.54 Å². The maximum absolute atomic E-state index is 3.76. The van der Waals surface area contributed by atoms with E-state index in [2.05, 4.69) is 65.1 Å². The van der Waals surface area contributed by atoms with Crippen molar-refractivity contribution in [1.82, 2.24) is 5.32 Å². The van der Waals surface area contributed by atoms with Crippen LogP contribution in [-0.2, 0) is 0 Å². The number of anilines is 1. The fraction of sp³-hybridized carbons (Fsp3) is 0.625. The van der Waals surface area contributed by atoms with Gasteiger partial charge >= 0.3 is 0 Å². The van der Waals surface area contributed by atoms with Crippen LogP contribution >= 0.6 is 15.9 Å². The van der Waals surface area contributed by atoms with Gasteiger partial charge in [-0.2, -0.15) is 0 Å². The molecule has 2 nitrogen and oxygen atoms in total. The van der Waals surface area contributed by atoms with E-state index in [4.69, 9.17) is 0 Å². The van der Waals surface area contributed by atoms with Crippen molar-refractivity contribution < 1.29 is 0 Å². The summed E-state index contributed by atoms with van der Waals surface area (Å²) in [4.78, 5) is 2.54. The van der Waals surface area contributed by atoms with Gasteiger partial charge < -0.3 is 10.2 Å². The highest BCUT2D eigenvalue weighted by atomic mass is 79.9. The van der Waals surface area contributed by atoms with Gasteiger partial charge in [-0.05, 0) is 73.3 Å². The van der Waals surface area contributed by atoms with E-state index < -0.39 is 0 Å². The summed E-state index contributed by atoms with van der Waals surface area (Å²) in [5.74, 6) is 0. The molecule has 0 bridgehead atoms. The quantitative estimate of drug-likeness (QED) is 0.877. The largest absolute Gasteiger partial charge is 0.368 e. The van der Waals surface area contributed by atoms with Crippen molar-refractivity contribution in [2.24, 2.45) is 0 Å². The molecule has 1 aromatic carbocycles. The van der Waals surface area contributed by atoms with Gasteiger partial charge in [-0.3, -0.25) is 0 Å². The van der Waals surface area contributed by atoms with Crippen LogP contribution in [0, 0.1) is 0 Å². The second-order valence-corrected chi connectivity index (χ2v) is 6.38. The molecule has 1 saturated heterocycles. The van der Waals surface area contributed by atoms with Crippen LogP contribution in [0.2, 0.25) is 0 Å². The Labute approximate surface area is 125 Å². The van der Waals surface area contributed by atoms with Crippen LogP contribution in [-0.4, -0.2) is 19.1 Å². The summed E-state index contributed by atoms with van der Waals surface area (Å²) in [6.45, 7) is 8.89. The van der Waals surface area contributed by atoms with Crippen molar-refractivity contribution in [2.45, 2.75) is 52.1 Å². The molecule has 0 saturated carbocycles. The molecule has 1 aliphatic heterocycles. The molecular weight excluding hydrogens is 300 g/mol. The lowest BCUT2D eigenvalue weighted by Crippen LogP contribution is -2.37. The predicted octanol–water partition coefficient (Wildman–Crippen LogP) is 4.50. The van der Waals surface area contributed by atoms with Crippen molar-refractivity contribution in [3.8, 4) is 0 Å². The lowest BCUT2D eigenvalue weighted by molar-refractivity contribution is 0.484. The third-order valence-electron chi connectivity index (χ3n) is 4.09. The zero-order valence-electron chi connectivity index (χ0n) is 12.2. The minimum Gasteiger partial charge on any atom is -0.368 e. The van der Waals surface area contributed by atoms with Crippen LogP contribution in [0.1, 0.15) is 51.6 Å². The first-order valence-electron chi connectivity index (χ1n) is 7.43. The number of hydrogen-bond donors (Lipinski definition) is 1. The number of piperidine rings is 1. The zero-order valence-corrected chi connectivity index (χ0v) is 13.8. The van der Waals surface area contributed by atoms with Crippen molar-refractivity contribution in [2.75, 3.05) is 18.0 Å². The molecule has 19 heavy (non-hydrogen) atoms. The van der Waals surface area contributed by atoms with Crippen molar-refractivity contribution in [1.29, 1.82) is 0 Å². The number of nitrogens with zero attached hydrogens (tertiary/aromatic N) is 1. The Hall–Kier alpha value is -0.540. The molecule has 1 fully saturated rings. The molecule has 0 amide bonds. The van der Waals surface area contributed by atoms with E-state index in [-0.39, 0.29) is 0 Å². The molecule has 2 atom stereocenters. The Morgan fingerprint density at radius 3 is 2.84 bits per heavy atom. The van der Waals surface area contributed by atoms with Gasteiger partial charge in [-0.15, -0.1) is 0 Å². The summed E-state index contributed by atoms with van der Waals surface area (Å²) in [5, 5.41) is 3.46. The van der Waals surface area contributed by atoms with Gasteiger partial charge in [-0.25, -0.2) is 0 Å². The van der Waals surface area contributed by atoms with Crippen molar-refractivity contribution >= 4 is 21.6 Å². The normalized spacial score (nSPS) is 21.5. The first-order valence-corrected chi connectivity index (χ1v) is 8.22. The topological polar surface area (TPSA) is 15.3 Å². The summed E-state index contributed by atoms with van der Waals surface area (Å²) < 4.78 is 1.23. The minimum atomic E-state index is 0.411. The second-order valence-electron chi connectivity index (χ2n) is 5.53. The van der Waals surface area contributed by atoms with Gasteiger partial charge in [-0.1, -0.05) is 13.0 Å². The van der Waals surface area contributed by atoms with Gasteiger partial charge in [0, 0.05) is 23.1 Å². The molecular formula is C16H25BrN2. The molecule has 2 rings (SSSR count). The molecule has 1 aromatic rings. The monoisotopic (exact) mass is 324 g/mol. The highest BCUT2D eigenvalue weighted by Crippen LogP contribution is 2.33. The molecule has 1 heterocycles. The summed E-state index contributed by atoms with van der Waals surface area (Å²) in [7, 11) is 0. The fourth-order valence-electron chi connectivity index (χ4n) is 2.91. The zero-order chi connectivity index (χ0) is 13.8. The molecule has 0 radical (unpaired) electrons. The van der Waals surface area contributed by atoms with Gasteiger partial charge in [0.05, 0.1) is 5.69 Å². The lowest BCUT2D eigenvalue weighted by atomic mass is 10.0. The first-order chi connectivity index (χ1) is 9.13. The van der Waals surface area contributed by atoms with E-state index >= 15 is 0 Å². The molecule has 2 unspecified atom stereocenters. The maximum atomic E-state index is 3.76. The summed E-state index contributed by atoms with van der Waals surface area (Å²) in [6.07, 6.45) is 3.99. The lowest BCUT2D eigenvalue weighted by Gasteiger charge is -2.36. The average Bonchev–Trinajstić information content (AvgIpc) is 2.40. The van der Waals surface area contributed by atoms with Crippen LogP contribution in [0.3, 0.4) is 0 Å². The first kappa shape index (κ1) is 14.9. The Morgan fingerprint density at radius 2 is 2.21 bits per heavy atom. The number of hydrogen-bond acceptors (Lipinski definition) is 2. The van der Waals surface area contributed by atoms with Gasteiger partial charge in [0.1, 0.15) is 0 Å². The molecule has 1 N–H and O–H groups in total. The molecule has 0 aromatic heterocycles. The number of nitrogens with one attached hydrogen (secondary N) is 1. The van der Waals surface area contributed by atoms with Crippen LogP contribution in [0.5, 0.6) is 0 Å². The summed E-state index contributed by atoms with van der Waals surface area (Å²) >= 11 is 3.76. The van der Waals surface area contributed by atoms with Crippen LogP contribution in [0.4, 0.5) is 5.69 Å². The van der Waals surface area contributed by atoms with E-state index in [1.54, 1.807) is 0 Å². The number of halogens is 1. The third-order valence-corrected chi connectivity index (χ3v) is 4.73. The van der Waals surface area contributed by atoms with Crippen molar-refractivity contribution in [3.63, 3.8) is 0 Å². The number of rotatable bonds is 4. The highest BCUT2D eigenvalue weighted by molar-refractivity contribution is 9.10. The van der Waals surface area contributed by atoms with Crippen LogP contribution < -0.4 is 10.2 Å². The Bertz CT molecular complexity index is 419. The Balaban J connectivity index is 2.18. The van der Waals surface area contributed by atoms with Gasteiger partial charge in [0.2, 0.25) is 0 Å². The van der Waals surface area contributed by atoms with E-state index in [0.29, 0.717) is 12.1 Å². The Morgan fingerprint density at radius 1 is 1.42 bits per heavy atom. The average molecular weight is 325 g/mol. The molecule has 106 valence electrons. The molecule has 0 spiro atoms. The predicted molar refractivity (Wildman–Crippen MR) is 86.9 cm³/mol. The van der Waals surface area contributed by atoms with Crippen molar-refractivity contribution in [3.05, 3.63) is 28.2 Å². The smallest absolute Gasteiger partial charge is 0.0513 e. The van der Waals surface area contributed by atoms with E-state index in [9.17, 15) is 0 Å². The van der Waals surface area contributed by atoms with Crippen LogP contribution in [0.15, 0.2) is 22.7 Å². The highest BCUT2D eigenvalue weighted by Gasteiger charge is 2.20. The standard InChI is InChI=1S/C16H25BrN2/c1-4-18-13(3)14-8-9-16(15(17)11-14)19-10-6-5-7-12(19)2/h8-9,11-13,18H,4-7,10H2,1-3H3. The SMILES string of the molecule is CCNC(C)c1ccc(N2CCCCC2C)c(Br)c1. The molecule has 0 aliphatic carbocycles. The Kier molecular flexibility index (Phi) is 5.28. The van der Waals surface area contributed by atoms with Gasteiger partial charge in [0.15, 0.2) is 0 Å².